The number of thioether (sulfide) groups is 1. The summed E-state index contributed by atoms with van der Waals surface area (Å²) in [7, 11) is 1.65. The Morgan fingerprint density at radius 1 is 1.18 bits per heavy atom. The quantitative estimate of drug-likeness (QED) is 0.496. The summed E-state index contributed by atoms with van der Waals surface area (Å²) in [5, 5.41) is 12.7. The highest BCUT2D eigenvalue weighted by Crippen LogP contribution is 2.29. The molecule has 7 nitrogen and oxygen atoms in total. The van der Waals surface area contributed by atoms with Gasteiger partial charge < -0.3 is 14.8 Å². The molecule has 174 valence electrons. The SMILES string of the molecule is COc1ccc(-n2c(CNC(=O)[C@H]3CCOC(C)(C)C3)nnc2SCc2ccccc2)cc1. The van der Waals surface area contributed by atoms with Crippen LogP contribution in [-0.4, -0.2) is 40.0 Å². The average molecular weight is 467 g/mol. The summed E-state index contributed by atoms with van der Waals surface area (Å²) in [6.45, 7) is 4.97. The number of benzene rings is 2. The average Bonchev–Trinajstić information content (AvgIpc) is 3.24. The first-order valence-electron chi connectivity index (χ1n) is 11.1. The molecule has 3 aromatic rings. The fourth-order valence-corrected chi connectivity index (χ4v) is 4.91. The number of hydrogen-bond donors (Lipinski definition) is 1. The summed E-state index contributed by atoms with van der Waals surface area (Å²) in [5.41, 5.74) is 1.86. The normalized spacial score (nSPS) is 17.5. The van der Waals surface area contributed by atoms with Crippen LogP contribution in [0.1, 0.15) is 38.1 Å². The first-order chi connectivity index (χ1) is 15.9. The summed E-state index contributed by atoms with van der Waals surface area (Å²) in [5.74, 6) is 2.23. The van der Waals surface area contributed by atoms with Crippen LogP contribution >= 0.6 is 11.8 Å². The number of carbonyl (C=O) groups excluding carboxylic acids is 1. The standard InChI is InChI=1S/C25H30N4O3S/c1-25(2)15-19(13-14-32-25)23(30)26-16-22-27-28-24(33-17-18-7-5-4-6-8-18)29(22)20-9-11-21(31-3)12-10-20/h4-12,19H,13-17H2,1-3H3,(H,26,30)/t19-/m0/s1. The van der Waals surface area contributed by atoms with Crippen molar-refractivity contribution in [3.05, 3.63) is 66.0 Å². The maximum Gasteiger partial charge on any atom is 0.223 e. The van der Waals surface area contributed by atoms with Gasteiger partial charge in [-0.2, -0.15) is 0 Å². The minimum absolute atomic E-state index is 0.0362. The van der Waals surface area contributed by atoms with E-state index in [1.165, 1.54) is 5.56 Å². The second-order valence-electron chi connectivity index (χ2n) is 8.72. The van der Waals surface area contributed by atoms with E-state index in [2.05, 4.69) is 27.6 Å². The first-order valence-corrected chi connectivity index (χ1v) is 12.1. The summed E-state index contributed by atoms with van der Waals surface area (Å²) < 4.78 is 13.1. The molecule has 1 amide bonds. The number of methoxy groups -OCH3 is 1. The predicted molar refractivity (Wildman–Crippen MR) is 129 cm³/mol. The van der Waals surface area contributed by atoms with Gasteiger partial charge in [0.2, 0.25) is 5.91 Å². The van der Waals surface area contributed by atoms with Crippen LogP contribution in [0.2, 0.25) is 0 Å². The minimum atomic E-state index is -0.273. The van der Waals surface area contributed by atoms with Crippen molar-refractivity contribution < 1.29 is 14.3 Å². The zero-order valence-electron chi connectivity index (χ0n) is 19.3. The summed E-state index contributed by atoms with van der Waals surface area (Å²) in [6, 6.07) is 18.0. The molecule has 1 N–H and O–H groups in total. The number of hydrogen-bond acceptors (Lipinski definition) is 6. The molecule has 0 unspecified atom stereocenters. The van der Waals surface area contributed by atoms with Crippen molar-refractivity contribution >= 4 is 17.7 Å². The van der Waals surface area contributed by atoms with Gasteiger partial charge in [-0.05, 0) is 56.5 Å². The Balaban J connectivity index is 1.52. The van der Waals surface area contributed by atoms with Gasteiger partial charge in [0, 0.05) is 24.0 Å². The van der Waals surface area contributed by atoms with E-state index < -0.39 is 0 Å². The number of aromatic nitrogens is 3. The molecule has 1 aromatic heterocycles. The van der Waals surface area contributed by atoms with Crippen molar-refractivity contribution in [2.75, 3.05) is 13.7 Å². The predicted octanol–water partition coefficient (Wildman–Crippen LogP) is 4.39. The molecule has 33 heavy (non-hydrogen) atoms. The van der Waals surface area contributed by atoms with E-state index in [4.69, 9.17) is 9.47 Å². The van der Waals surface area contributed by atoms with E-state index in [1.807, 2.05) is 60.9 Å². The molecule has 1 atom stereocenters. The van der Waals surface area contributed by atoms with Gasteiger partial charge in [0.25, 0.3) is 0 Å². The number of nitrogens with zero attached hydrogens (tertiary/aromatic N) is 3. The third kappa shape index (κ3) is 5.94. The van der Waals surface area contributed by atoms with E-state index >= 15 is 0 Å². The highest BCUT2D eigenvalue weighted by molar-refractivity contribution is 7.98. The second kappa shape index (κ2) is 10.4. The number of rotatable bonds is 8. The Bertz CT molecular complexity index is 1070. The molecule has 1 saturated heterocycles. The second-order valence-corrected chi connectivity index (χ2v) is 9.66. The third-order valence-electron chi connectivity index (χ3n) is 5.73. The molecule has 1 aliphatic heterocycles. The van der Waals surface area contributed by atoms with Gasteiger partial charge in [-0.1, -0.05) is 42.1 Å². The number of amides is 1. The van der Waals surface area contributed by atoms with E-state index in [9.17, 15) is 4.79 Å². The smallest absolute Gasteiger partial charge is 0.223 e. The molecule has 0 bridgehead atoms. The number of carbonyl (C=O) groups is 1. The van der Waals surface area contributed by atoms with Gasteiger partial charge in [0.15, 0.2) is 11.0 Å². The third-order valence-corrected chi connectivity index (χ3v) is 6.73. The highest BCUT2D eigenvalue weighted by Gasteiger charge is 2.33. The molecule has 1 aliphatic rings. The van der Waals surface area contributed by atoms with Crippen molar-refractivity contribution in [1.82, 2.24) is 20.1 Å². The molecule has 0 saturated carbocycles. The summed E-state index contributed by atoms with van der Waals surface area (Å²) in [6.07, 6.45) is 1.45. The Hall–Kier alpha value is -2.84. The van der Waals surface area contributed by atoms with Crippen LogP contribution in [0.5, 0.6) is 5.75 Å². The molecule has 2 aromatic carbocycles. The first kappa shape index (κ1) is 23.3. The molecule has 8 heteroatoms. The van der Waals surface area contributed by atoms with Gasteiger partial charge in [-0.25, -0.2) is 0 Å². The molecule has 2 heterocycles. The zero-order valence-corrected chi connectivity index (χ0v) is 20.1. The van der Waals surface area contributed by atoms with Crippen LogP contribution in [0.4, 0.5) is 0 Å². The molecular formula is C25H30N4O3S. The lowest BCUT2D eigenvalue weighted by Gasteiger charge is -2.34. The molecule has 1 fully saturated rings. The molecular weight excluding hydrogens is 436 g/mol. The molecule has 4 rings (SSSR count). The number of nitrogens with one attached hydrogen (secondary N) is 1. The van der Waals surface area contributed by atoms with E-state index in [0.29, 0.717) is 25.4 Å². The minimum Gasteiger partial charge on any atom is -0.497 e. The Morgan fingerprint density at radius 2 is 1.94 bits per heavy atom. The molecule has 0 aliphatic carbocycles. The largest absolute Gasteiger partial charge is 0.497 e. The summed E-state index contributed by atoms with van der Waals surface area (Å²) >= 11 is 1.62. The van der Waals surface area contributed by atoms with Crippen molar-refractivity contribution in [3.8, 4) is 11.4 Å². The zero-order chi connectivity index (χ0) is 23.3. The van der Waals surface area contributed by atoms with Gasteiger partial charge in [-0.3, -0.25) is 9.36 Å². The Morgan fingerprint density at radius 3 is 2.64 bits per heavy atom. The Kier molecular flexibility index (Phi) is 7.35. The van der Waals surface area contributed by atoms with Crippen LogP contribution in [0, 0.1) is 5.92 Å². The van der Waals surface area contributed by atoms with Gasteiger partial charge in [0.05, 0.1) is 19.3 Å². The van der Waals surface area contributed by atoms with Crippen molar-refractivity contribution in [2.24, 2.45) is 5.92 Å². The van der Waals surface area contributed by atoms with Gasteiger partial charge >= 0.3 is 0 Å². The topological polar surface area (TPSA) is 78.3 Å². The van der Waals surface area contributed by atoms with Crippen LogP contribution in [0.25, 0.3) is 5.69 Å². The highest BCUT2D eigenvalue weighted by atomic mass is 32.2. The Labute approximate surface area is 198 Å². The van der Waals surface area contributed by atoms with Crippen molar-refractivity contribution in [1.29, 1.82) is 0 Å². The van der Waals surface area contributed by atoms with Crippen LogP contribution in [0.15, 0.2) is 59.8 Å². The van der Waals surface area contributed by atoms with E-state index in [0.717, 1.165) is 28.8 Å². The van der Waals surface area contributed by atoms with Crippen LogP contribution in [-0.2, 0) is 21.8 Å². The lowest BCUT2D eigenvalue weighted by Crippen LogP contribution is -2.41. The van der Waals surface area contributed by atoms with Crippen molar-refractivity contribution in [2.45, 2.75) is 49.7 Å². The summed E-state index contributed by atoms with van der Waals surface area (Å²) in [4.78, 5) is 12.9. The molecule has 0 spiro atoms. The van der Waals surface area contributed by atoms with E-state index in [1.54, 1.807) is 18.9 Å². The van der Waals surface area contributed by atoms with Gasteiger partial charge in [0.1, 0.15) is 5.75 Å². The van der Waals surface area contributed by atoms with Crippen LogP contribution < -0.4 is 10.1 Å². The fourth-order valence-electron chi connectivity index (χ4n) is 3.99. The van der Waals surface area contributed by atoms with Crippen molar-refractivity contribution in [3.63, 3.8) is 0 Å². The molecule has 0 radical (unpaired) electrons. The number of ether oxygens (including phenoxy) is 2. The van der Waals surface area contributed by atoms with Gasteiger partial charge in [-0.15, -0.1) is 10.2 Å². The monoisotopic (exact) mass is 466 g/mol. The lowest BCUT2D eigenvalue weighted by molar-refractivity contribution is -0.135. The van der Waals surface area contributed by atoms with E-state index in [-0.39, 0.29) is 17.4 Å². The maximum atomic E-state index is 12.9. The fraction of sp³-hybridized carbons (Fsp3) is 0.400. The van der Waals surface area contributed by atoms with Crippen LogP contribution in [0.3, 0.4) is 0 Å². The lowest BCUT2D eigenvalue weighted by atomic mass is 9.88. The maximum absolute atomic E-state index is 12.9.